The first-order chi connectivity index (χ1) is 20.1. The zero-order valence-corrected chi connectivity index (χ0v) is 24.5. The molecule has 1 aromatic carbocycles. The molecule has 0 bridgehead atoms. The van der Waals surface area contributed by atoms with Gasteiger partial charge in [-0.1, -0.05) is 36.8 Å². The van der Waals surface area contributed by atoms with Crippen molar-refractivity contribution in [2.45, 2.75) is 51.7 Å². The zero-order valence-electron chi connectivity index (χ0n) is 23.7. The second-order valence-corrected chi connectivity index (χ2v) is 11.1. The maximum absolute atomic E-state index is 13.4. The van der Waals surface area contributed by atoms with Crippen LogP contribution in [0.15, 0.2) is 42.6 Å². The third-order valence-corrected chi connectivity index (χ3v) is 7.93. The van der Waals surface area contributed by atoms with E-state index in [0.29, 0.717) is 36.2 Å². The van der Waals surface area contributed by atoms with Crippen LogP contribution in [0.2, 0.25) is 0 Å². The minimum absolute atomic E-state index is 0.284. The van der Waals surface area contributed by atoms with Gasteiger partial charge in [-0.2, -0.15) is 0 Å². The predicted molar refractivity (Wildman–Crippen MR) is 165 cm³/mol. The summed E-state index contributed by atoms with van der Waals surface area (Å²) in [5.41, 5.74) is 3.67. The summed E-state index contributed by atoms with van der Waals surface area (Å²) >= 11 is 1.50. The van der Waals surface area contributed by atoms with E-state index in [-0.39, 0.29) is 12.0 Å². The average Bonchev–Trinajstić information content (AvgIpc) is 3.43. The number of benzene rings is 1. The first-order valence-electron chi connectivity index (χ1n) is 14.4. The van der Waals surface area contributed by atoms with E-state index in [0.717, 1.165) is 78.2 Å². The molecular formula is C30H38N8O2S. The van der Waals surface area contributed by atoms with Crippen molar-refractivity contribution in [3.05, 3.63) is 59.7 Å². The lowest BCUT2D eigenvalue weighted by Crippen LogP contribution is -2.32. The number of hydrogen-bond donors (Lipinski definition) is 4. The number of pyridine rings is 1. The highest BCUT2D eigenvalue weighted by Crippen LogP contribution is 2.34. The van der Waals surface area contributed by atoms with Gasteiger partial charge in [0.15, 0.2) is 0 Å². The summed E-state index contributed by atoms with van der Waals surface area (Å²) in [4.78, 5) is 33.0. The number of nitrogens with zero attached hydrogens (tertiary/aromatic N) is 4. The third kappa shape index (κ3) is 7.82. The number of para-hydroxylation sites is 1. The second kappa shape index (κ2) is 14.4. The number of ether oxygens (including phenoxy) is 1. The second-order valence-electron chi connectivity index (χ2n) is 10.1. The number of piperidine rings is 1. The minimum Gasteiger partial charge on any atom is -0.373 e. The molecule has 0 radical (unpaired) electrons. The van der Waals surface area contributed by atoms with Crippen LogP contribution in [-0.2, 0) is 17.8 Å². The summed E-state index contributed by atoms with van der Waals surface area (Å²) in [6.07, 6.45) is 6.92. The first kappa shape index (κ1) is 29.0. The van der Waals surface area contributed by atoms with Crippen molar-refractivity contribution in [3.63, 3.8) is 0 Å². The van der Waals surface area contributed by atoms with Crippen LogP contribution in [0.25, 0.3) is 20.9 Å². The number of amides is 1. The van der Waals surface area contributed by atoms with Gasteiger partial charge in [-0.3, -0.25) is 4.79 Å². The lowest BCUT2D eigenvalue weighted by molar-refractivity contribution is 0.0211. The highest BCUT2D eigenvalue weighted by molar-refractivity contribution is 7.21. The standard InChI is InChI=1S/C30H38N8O2S/c1-3-4-9-26-35-24(17-27(38-26)33-15-14-31-2)28(39)36-23-8-6-5-7-22(23)29-37-25-16-20(18-34-30(25)41-29)19-40-21-10-12-32-13-11-21/h5-8,16-18,21,31-32H,3-4,9-15,19H2,1-2H3,(H,36,39)(H,33,35,38). The van der Waals surface area contributed by atoms with Crippen LogP contribution in [0.3, 0.4) is 0 Å². The molecule has 11 heteroatoms. The monoisotopic (exact) mass is 574 g/mol. The Hall–Kier alpha value is -3.51. The number of aryl methyl sites for hydroxylation is 1. The number of carbonyl (C=O) groups is 1. The van der Waals surface area contributed by atoms with Gasteiger partial charge in [-0.15, -0.1) is 0 Å². The normalized spacial score (nSPS) is 13.9. The number of aromatic nitrogens is 4. The number of fused-ring (bicyclic) bond motifs is 1. The van der Waals surface area contributed by atoms with Crippen LogP contribution in [0, 0.1) is 0 Å². The molecule has 0 saturated carbocycles. The maximum atomic E-state index is 13.4. The molecule has 1 fully saturated rings. The summed E-state index contributed by atoms with van der Waals surface area (Å²) in [6, 6.07) is 11.4. The van der Waals surface area contributed by atoms with Gasteiger partial charge in [0.2, 0.25) is 0 Å². The van der Waals surface area contributed by atoms with Gasteiger partial charge in [0.05, 0.1) is 18.4 Å². The van der Waals surface area contributed by atoms with E-state index in [1.165, 1.54) is 11.3 Å². The Morgan fingerprint density at radius 3 is 2.80 bits per heavy atom. The van der Waals surface area contributed by atoms with Crippen molar-refractivity contribution >= 4 is 39.1 Å². The van der Waals surface area contributed by atoms with Gasteiger partial charge >= 0.3 is 0 Å². The summed E-state index contributed by atoms with van der Waals surface area (Å²) in [6.45, 7) is 6.13. The Kier molecular flexibility index (Phi) is 10.2. The fraction of sp³-hybridized carbons (Fsp3) is 0.433. The molecule has 4 N–H and O–H groups in total. The molecule has 216 valence electrons. The molecule has 1 aliphatic rings. The van der Waals surface area contributed by atoms with E-state index in [9.17, 15) is 4.79 Å². The van der Waals surface area contributed by atoms with Crippen LogP contribution < -0.4 is 21.3 Å². The van der Waals surface area contributed by atoms with Crippen LogP contribution in [-0.4, -0.2) is 65.2 Å². The van der Waals surface area contributed by atoms with Gasteiger partial charge in [-0.25, -0.2) is 19.9 Å². The van der Waals surface area contributed by atoms with Gasteiger partial charge in [-0.05, 0) is 63.2 Å². The quantitative estimate of drug-likeness (QED) is 0.169. The van der Waals surface area contributed by atoms with Gasteiger partial charge in [0.25, 0.3) is 5.91 Å². The number of anilines is 2. The predicted octanol–water partition coefficient (Wildman–Crippen LogP) is 4.64. The number of hydrogen-bond acceptors (Lipinski definition) is 10. The van der Waals surface area contributed by atoms with Crippen molar-refractivity contribution in [3.8, 4) is 10.6 Å². The molecule has 4 heterocycles. The van der Waals surface area contributed by atoms with Crippen LogP contribution in [0.1, 0.15) is 54.5 Å². The molecule has 0 aliphatic carbocycles. The largest absolute Gasteiger partial charge is 0.373 e. The number of thiazole rings is 1. The SMILES string of the molecule is CCCCc1nc(NCCNC)cc(C(=O)Nc2ccccc2-c2nc3cc(COC4CCNCC4)cnc3s2)n1. The number of carbonyl (C=O) groups excluding carboxylic acids is 1. The summed E-state index contributed by atoms with van der Waals surface area (Å²) in [7, 11) is 1.90. The minimum atomic E-state index is -0.286. The number of nitrogens with one attached hydrogen (secondary N) is 4. The van der Waals surface area contributed by atoms with E-state index < -0.39 is 0 Å². The number of unbranched alkanes of at least 4 members (excludes halogenated alkanes) is 1. The summed E-state index contributed by atoms with van der Waals surface area (Å²) in [5.74, 6) is 1.03. The van der Waals surface area contributed by atoms with E-state index in [1.807, 2.05) is 43.6 Å². The summed E-state index contributed by atoms with van der Waals surface area (Å²) < 4.78 is 6.11. The molecular weight excluding hydrogens is 536 g/mol. The van der Waals surface area contributed by atoms with E-state index in [2.05, 4.69) is 43.1 Å². The van der Waals surface area contributed by atoms with Gasteiger partial charge in [0, 0.05) is 37.3 Å². The smallest absolute Gasteiger partial charge is 0.274 e. The number of likely N-dealkylation sites (N-methyl/N-ethyl adjacent to an activating group) is 1. The van der Waals surface area contributed by atoms with E-state index in [4.69, 9.17) is 9.72 Å². The highest BCUT2D eigenvalue weighted by atomic mass is 32.1. The Labute approximate surface area is 244 Å². The lowest BCUT2D eigenvalue weighted by Gasteiger charge is -2.22. The Bertz CT molecular complexity index is 1450. The van der Waals surface area contributed by atoms with E-state index >= 15 is 0 Å². The first-order valence-corrected chi connectivity index (χ1v) is 15.2. The average molecular weight is 575 g/mol. The lowest BCUT2D eigenvalue weighted by atomic mass is 10.1. The molecule has 1 saturated heterocycles. The van der Waals surface area contributed by atoms with Gasteiger partial charge < -0.3 is 26.0 Å². The highest BCUT2D eigenvalue weighted by Gasteiger charge is 2.18. The molecule has 4 aromatic rings. The Balaban J connectivity index is 1.33. The molecule has 5 rings (SSSR count). The Morgan fingerprint density at radius 2 is 1.98 bits per heavy atom. The van der Waals surface area contributed by atoms with Crippen LogP contribution in [0.4, 0.5) is 11.5 Å². The molecule has 10 nitrogen and oxygen atoms in total. The van der Waals surface area contributed by atoms with Crippen molar-refractivity contribution < 1.29 is 9.53 Å². The molecule has 0 spiro atoms. The molecule has 3 aromatic heterocycles. The molecule has 1 amide bonds. The van der Waals surface area contributed by atoms with Crippen LogP contribution >= 0.6 is 11.3 Å². The van der Waals surface area contributed by atoms with Crippen molar-refractivity contribution in [1.29, 1.82) is 0 Å². The van der Waals surface area contributed by atoms with Crippen molar-refractivity contribution in [1.82, 2.24) is 30.6 Å². The molecule has 0 unspecified atom stereocenters. The van der Waals surface area contributed by atoms with Crippen molar-refractivity contribution in [2.75, 3.05) is 43.9 Å². The fourth-order valence-electron chi connectivity index (χ4n) is 4.67. The maximum Gasteiger partial charge on any atom is 0.274 e. The summed E-state index contributed by atoms with van der Waals surface area (Å²) in [5, 5.41) is 13.6. The molecule has 1 aliphatic heterocycles. The third-order valence-electron chi connectivity index (χ3n) is 6.92. The Morgan fingerprint density at radius 1 is 1.12 bits per heavy atom. The topological polar surface area (TPSA) is 126 Å². The zero-order chi connectivity index (χ0) is 28.4. The molecule has 41 heavy (non-hydrogen) atoms. The van der Waals surface area contributed by atoms with Crippen molar-refractivity contribution in [2.24, 2.45) is 0 Å². The fourth-order valence-corrected chi connectivity index (χ4v) is 5.60. The van der Waals surface area contributed by atoms with Crippen LogP contribution in [0.5, 0.6) is 0 Å². The number of rotatable bonds is 13. The van der Waals surface area contributed by atoms with Gasteiger partial charge in [0.1, 0.15) is 32.7 Å². The van der Waals surface area contributed by atoms with E-state index in [1.54, 1.807) is 6.07 Å². The molecule has 0 atom stereocenters.